The van der Waals surface area contributed by atoms with Crippen molar-refractivity contribution in [2.45, 2.75) is 44.6 Å². The van der Waals surface area contributed by atoms with Crippen molar-refractivity contribution in [3.05, 3.63) is 63.2 Å². The standard InChI is InChI=1S/C22H26N2O5S/c1-13-5-4-6-18(9-13)30(27,28)24-11-16-7-8-17(12-24)21(16)23-22(26)20-14(2)10-19(25)29-15(20)3/h4-6,9-10,16-17,21H,7-8,11-12H2,1-3H3,(H,23,26)/t16-,17+,21?. The van der Waals surface area contributed by atoms with Gasteiger partial charge in [-0.05, 0) is 68.7 Å². The van der Waals surface area contributed by atoms with E-state index in [4.69, 9.17) is 4.42 Å². The Morgan fingerprint density at radius 3 is 2.37 bits per heavy atom. The second-order valence-corrected chi connectivity index (χ2v) is 10.4. The maximum Gasteiger partial charge on any atom is 0.336 e. The summed E-state index contributed by atoms with van der Waals surface area (Å²) in [5.41, 5.74) is 1.38. The van der Waals surface area contributed by atoms with Gasteiger partial charge in [-0.15, -0.1) is 0 Å². The van der Waals surface area contributed by atoms with Gasteiger partial charge in [0.2, 0.25) is 10.0 Å². The average Bonchev–Trinajstić information content (AvgIpc) is 2.88. The summed E-state index contributed by atoms with van der Waals surface area (Å²) in [7, 11) is -3.56. The van der Waals surface area contributed by atoms with Crippen LogP contribution in [0, 0.1) is 32.6 Å². The summed E-state index contributed by atoms with van der Waals surface area (Å²) in [6.07, 6.45) is 1.74. The molecule has 1 aromatic heterocycles. The van der Waals surface area contributed by atoms with Gasteiger partial charge >= 0.3 is 5.63 Å². The fraction of sp³-hybridized carbons (Fsp3) is 0.455. The minimum Gasteiger partial charge on any atom is -0.427 e. The minimum absolute atomic E-state index is 0.0589. The third kappa shape index (κ3) is 3.70. The molecule has 7 nitrogen and oxygen atoms in total. The highest BCUT2D eigenvalue weighted by Gasteiger charge is 2.46. The van der Waals surface area contributed by atoms with Gasteiger partial charge < -0.3 is 9.73 Å². The van der Waals surface area contributed by atoms with E-state index in [-0.39, 0.29) is 23.8 Å². The summed E-state index contributed by atoms with van der Waals surface area (Å²) in [5.74, 6) is 0.141. The topological polar surface area (TPSA) is 96.7 Å². The van der Waals surface area contributed by atoms with E-state index in [1.54, 1.807) is 36.4 Å². The summed E-state index contributed by atoms with van der Waals surface area (Å²) in [4.78, 5) is 24.7. The Labute approximate surface area is 176 Å². The molecule has 4 rings (SSSR count). The quantitative estimate of drug-likeness (QED) is 0.803. The van der Waals surface area contributed by atoms with Gasteiger partial charge in [0, 0.05) is 25.2 Å². The number of benzene rings is 1. The number of hydrogen-bond donors (Lipinski definition) is 1. The largest absolute Gasteiger partial charge is 0.427 e. The summed E-state index contributed by atoms with van der Waals surface area (Å²) in [6, 6.07) is 8.18. The Morgan fingerprint density at radius 1 is 1.10 bits per heavy atom. The fourth-order valence-corrected chi connectivity index (χ4v) is 6.52. The third-order valence-electron chi connectivity index (χ3n) is 6.29. The molecule has 0 spiro atoms. The van der Waals surface area contributed by atoms with Crippen molar-refractivity contribution in [2.75, 3.05) is 13.1 Å². The SMILES string of the molecule is Cc1cccc(S(=O)(=O)N2C[C@H]3CC[C@@H](C2)C3NC(=O)c2c(C)cc(=O)oc2C)c1. The third-order valence-corrected chi connectivity index (χ3v) is 8.11. The summed E-state index contributed by atoms with van der Waals surface area (Å²) >= 11 is 0. The maximum atomic E-state index is 13.1. The first-order chi connectivity index (χ1) is 14.2. The minimum atomic E-state index is -3.56. The molecular weight excluding hydrogens is 404 g/mol. The first kappa shape index (κ1) is 20.8. The van der Waals surface area contributed by atoms with Crippen molar-refractivity contribution in [2.24, 2.45) is 11.8 Å². The zero-order valence-corrected chi connectivity index (χ0v) is 18.2. The molecule has 1 unspecified atom stereocenters. The number of fused-ring (bicyclic) bond motifs is 2. The van der Waals surface area contributed by atoms with Crippen molar-refractivity contribution >= 4 is 15.9 Å². The second kappa shape index (κ2) is 7.67. The van der Waals surface area contributed by atoms with Crippen molar-refractivity contribution in [1.29, 1.82) is 0 Å². The molecule has 1 aromatic carbocycles. The van der Waals surface area contributed by atoms with Gasteiger partial charge in [-0.25, -0.2) is 13.2 Å². The number of piperidine rings is 1. The van der Waals surface area contributed by atoms with Crippen molar-refractivity contribution < 1.29 is 17.6 Å². The number of amides is 1. The zero-order valence-electron chi connectivity index (χ0n) is 17.3. The van der Waals surface area contributed by atoms with Gasteiger partial charge in [0.15, 0.2) is 0 Å². The van der Waals surface area contributed by atoms with Gasteiger partial charge in [-0.3, -0.25) is 4.79 Å². The van der Waals surface area contributed by atoms with Crippen molar-refractivity contribution in [3.63, 3.8) is 0 Å². The molecule has 2 heterocycles. The molecule has 1 aliphatic carbocycles. The Kier molecular flexibility index (Phi) is 5.32. The van der Waals surface area contributed by atoms with Crippen LogP contribution in [0.1, 0.15) is 40.1 Å². The van der Waals surface area contributed by atoms with Gasteiger partial charge in [0.1, 0.15) is 5.76 Å². The number of hydrogen-bond acceptors (Lipinski definition) is 5. The number of carbonyl (C=O) groups excluding carboxylic acids is 1. The number of carbonyl (C=O) groups is 1. The van der Waals surface area contributed by atoms with E-state index >= 15 is 0 Å². The van der Waals surface area contributed by atoms with Crippen LogP contribution in [-0.4, -0.2) is 37.8 Å². The van der Waals surface area contributed by atoms with Gasteiger partial charge in [-0.1, -0.05) is 12.1 Å². The lowest BCUT2D eigenvalue weighted by Gasteiger charge is -2.37. The van der Waals surface area contributed by atoms with E-state index in [9.17, 15) is 18.0 Å². The van der Waals surface area contributed by atoms with Gasteiger partial charge in [0.25, 0.3) is 5.91 Å². The van der Waals surface area contributed by atoms with Crippen LogP contribution >= 0.6 is 0 Å². The normalized spacial score (nSPS) is 24.0. The lowest BCUT2D eigenvalue weighted by Crippen LogP contribution is -2.54. The highest BCUT2D eigenvalue weighted by Crippen LogP contribution is 2.39. The summed E-state index contributed by atoms with van der Waals surface area (Å²) in [6.45, 7) is 5.97. The molecule has 30 heavy (non-hydrogen) atoms. The Bertz CT molecular complexity index is 1110. The van der Waals surface area contributed by atoms with Crippen LogP contribution in [0.5, 0.6) is 0 Å². The molecule has 2 aliphatic rings. The number of aryl methyl sites for hydroxylation is 3. The Hall–Kier alpha value is -2.45. The van der Waals surface area contributed by atoms with E-state index in [0.717, 1.165) is 18.4 Å². The second-order valence-electron chi connectivity index (χ2n) is 8.41. The number of rotatable bonds is 4. The first-order valence-corrected chi connectivity index (χ1v) is 11.6. The molecule has 2 aromatic rings. The van der Waals surface area contributed by atoms with Crippen molar-refractivity contribution in [1.82, 2.24) is 9.62 Å². The van der Waals surface area contributed by atoms with Crippen LogP contribution in [0.4, 0.5) is 0 Å². The highest BCUT2D eigenvalue weighted by molar-refractivity contribution is 7.89. The van der Waals surface area contributed by atoms with Crippen LogP contribution < -0.4 is 10.9 Å². The molecule has 2 bridgehead atoms. The molecular formula is C22H26N2O5S. The molecule has 8 heteroatoms. The predicted molar refractivity (Wildman–Crippen MR) is 112 cm³/mol. The first-order valence-electron chi connectivity index (χ1n) is 10.2. The molecule has 1 aliphatic heterocycles. The van der Waals surface area contributed by atoms with Crippen LogP contribution in [0.15, 0.2) is 44.4 Å². The lowest BCUT2D eigenvalue weighted by molar-refractivity contribution is 0.0883. The zero-order chi connectivity index (χ0) is 21.6. The highest BCUT2D eigenvalue weighted by atomic mass is 32.2. The van der Waals surface area contributed by atoms with Gasteiger partial charge in [0.05, 0.1) is 10.5 Å². The van der Waals surface area contributed by atoms with E-state index < -0.39 is 15.6 Å². The van der Waals surface area contributed by atoms with Gasteiger partial charge in [-0.2, -0.15) is 4.31 Å². The summed E-state index contributed by atoms with van der Waals surface area (Å²) < 4.78 is 32.9. The fourth-order valence-electron chi connectivity index (χ4n) is 4.86. The smallest absolute Gasteiger partial charge is 0.336 e. The average molecular weight is 431 g/mol. The molecule has 0 radical (unpaired) electrons. The molecule has 1 amide bonds. The lowest BCUT2D eigenvalue weighted by atomic mass is 9.93. The van der Waals surface area contributed by atoms with E-state index in [1.807, 2.05) is 13.0 Å². The van der Waals surface area contributed by atoms with E-state index in [1.165, 1.54) is 6.07 Å². The van der Waals surface area contributed by atoms with Crippen LogP contribution in [-0.2, 0) is 10.0 Å². The van der Waals surface area contributed by atoms with Crippen LogP contribution in [0.25, 0.3) is 0 Å². The van der Waals surface area contributed by atoms with E-state index in [0.29, 0.717) is 34.9 Å². The number of sulfonamides is 1. The molecule has 3 atom stereocenters. The molecule has 1 N–H and O–H groups in total. The molecule has 2 fully saturated rings. The molecule has 1 saturated carbocycles. The number of nitrogens with one attached hydrogen (secondary N) is 1. The monoisotopic (exact) mass is 430 g/mol. The predicted octanol–water partition coefficient (Wildman–Crippen LogP) is 2.39. The Morgan fingerprint density at radius 2 is 1.77 bits per heavy atom. The van der Waals surface area contributed by atoms with Crippen LogP contribution in [0.2, 0.25) is 0 Å². The molecule has 160 valence electrons. The number of nitrogens with zero attached hydrogens (tertiary/aromatic N) is 1. The van der Waals surface area contributed by atoms with E-state index in [2.05, 4.69) is 5.32 Å². The molecule has 1 saturated heterocycles. The Balaban J connectivity index is 1.53. The maximum absolute atomic E-state index is 13.1. The van der Waals surface area contributed by atoms with Crippen LogP contribution in [0.3, 0.4) is 0 Å². The summed E-state index contributed by atoms with van der Waals surface area (Å²) in [5, 5.41) is 3.10. The van der Waals surface area contributed by atoms with Crippen molar-refractivity contribution in [3.8, 4) is 0 Å².